The number of aromatic amines is 1. The molecule has 0 saturated heterocycles. The van der Waals surface area contributed by atoms with Crippen molar-refractivity contribution in [3.8, 4) is 27.3 Å². The van der Waals surface area contributed by atoms with E-state index in [-0.39, 0.29) is 5.56 Å². The smallest absolute Gasteiger partial charge is 0.255 e. The lowest BCUT2D eigenvalue weighted by atomic mass is 10.0. The summed E-state index contributed by atoms with van der Waals surface area (Å²) in [6.45, 7) is 2.04. The standard InChI is InChI=1S/C22H19N3O2S/c1-14-8-9-17(27-2)12-19(14)25-22-24-13-20(28-22)16-6-3-5-15(11-16)18-7-4-10-23-21(18)26/h3-13H,1-2H3,(H,23,26)(H,24,25). The number of anilines is 2. The zero-order valence-electron chi connectivity index (χ0n) is 15.5. The fourth-order valence-electron chi connectivity index (χ4n) is 2.93. The van der Waals surface area contributed by atoms with Crippen LogP contribution in [0, 0.1) is 6.92 Å². The molecule has 0 spiro atoms. The van der Waals surface area contributed by atoms with Crippen LogP contribution in [0.4, 0.5) is 10.8 Å². The van der Waals surface area contributed by atoms with Crippen LogP contribution in [-0.4, -0.2) is 17.1 Å². The highest BCUT2D eigenvalue weighted by atomic mass is 32.1. The average molecular weight is 389 g/mol. The quantitative estimate of drug-likeness (QED) is 0.491. The zero-order valence-corrected chi connectivity index (χ0v) is 16.3. The van der Waals surface area contributed by atoms with Crippen LogP contribution in [0.5, 0.6) is 5.75 Å². The molecule has 2 heterocycles. The Kier molecular flexibility index (Phi) is 4.95. The van der Waals surface area contributed by atoms with E-state index >= 15 is 0 Å². The third-order valence-electron chi connectivity index (χ3n) is 4.47. The van der Waals surface area contributed by atoms with Crippen molar-refractivity contribution in [2.75, 3.05) is 12.4 Å². The predicted molar refractivity (Wildman–Crippen MR) is 115 cm³/mol. The topological polar surface area (TPSA) is 67.0 Å². The molecule has 2 N–H and O–H groups in total. The van der Waals surface area contributed by atoms with Gasteiger partial charge in [-0.2, -0.15) is 0 Å². The number of hydrogen-bond donors (Lipinski definition) is 2. The van der Waals surface area contributed by atoms with E-state index < -0.39 is 0 Å². The van der Waals surface area contributed by atoms with Gasteiger partial charge in [0.05, 0.1) is 12.0 Å². The zero-order chi connectivity index (χ0) is 19.5. The van der Waals surface area contributed by atoms with Crippen molar-refractivity contribution >= 4 is 22.2 Å². The molecule has 0 unspecified atom stereocenters. The number of thiazole rings is 1. The van der Waals surface area contributed by atoms with Gasteiger partial charge < -0.3 is 15.0 Å². The number of H-pyrrole nitrogens is 1. The molecule has 0 aliphatic carbocycles. The van der Waals surface area contributed by atoms with E-state index in [9.17, 15) is 4.79 Å². The molecular formula is C22H19N3O2S. The summed E-state index contributed by atoms with van der Waals surface area (Å²) in [5.41, 5.74) is 4.53. The lowest BCUT2D eigenvalue weighted by molar-refractivity contribution is 0.415. The van der Waals surface area contributed by atoms with E-state index in [1.807, 2.05) is 67.7 Å². The molecule has 0 saturated carbocycles. The number of nitrogens with zero attached hydrogens (tertiary/aromatic N) is 1. The van der Waals surface area contributed by atoms with Crippen LogP contribution in [0.15, 0.2) is 71.8 Å². The Labute approximate surface area is 166 Å². The first-order valence-corrected chi connectivity index (χ1v) is 9.62. The van der Waals surface area contributed by atoms with Crippen molar-refractivity contribution < 1.29 is 4.74 Å². The molecule has 4 rings (SSSR count). The van der Waals surface area contributed by atoms with Crippen molar-refractivity contribution in [3.05, 3.63) is 82.9 Å². The molecule has 2 aromatic heterocycles. The van der Waals surface area contributed by atoms with Crippen LogP contribution in [0.2, 0.25) is 0 Å². The van der Waals surface area contributed by atoms with E-state index in [4.69, 9.17) is 4.74 Å². The molecule has 0 aliphatic heterocycles. The number of benzene rings is 2. The summed E-state index contributed by atoms with van der Waals surface area (Å²) >= 11 is 1.56. The van der Waals surface area contributed by atoms with Crippen molar-refractivity contribution in [2.24, 2.45) is 0 Å². The van der Waals surface area contributed by atoms with Gasteiger partial charge in [0.1, 0.15) is 5.75 Å². The summed E-state index contributed by atoms with van der Waals surface area (Å²) in [6.07, 6.45) is 3.48. The van der Waals surface area contributed by atoms with Crippen LogP contribution in [0.25, 0.3) is 21.6 Å². The highest BCUT2D eigenvalue weighted by Gasteiger charge is 2.09. The second kappa shape index (κ2) is 7.70. The number of aryl methyl sites for hydroxylation is 1. The minimum absolute atomic E-state index is 0.0974. The molecule has 5 nitrogen and oxygen atoms in total. The van der Waals surface area contributed by atoms with Crippen LogP contribution in [0.3, 0.4) is 0 Å². The van der Waals surface area contributed by atoms with Gasteiger partial charge in [0.15, 0.2) is 5.13 Å². The van der Waals surface area contributed by atoms with Crippen LogP contribution < -0.4 is 15.6 Å². The molecule has 2 aromatic carbocycles. The van der Waals surface area contributed by atoms with Crippen LogP contribution >= 0.6 is 11.3 Å². The predicted octanol–water partition coefficient (Wildman–Crippen LogP) is 5.23. The van der Waals surface area contributed by atoms with Crippen molar-refractivity contribution in [1.82, 2.24) is 9.97 Å². The Morgan fingerprint density at radius 2 is 1.93 bits per heavy atom. The number of methoxy groups -OCH3 is 1. The number of rotatable bonds is 5. The van der Waals surface area contributed by atoms with Gasteiger partial charge in [-0.1, -0.05) is 35.6 Å². The molecule has 0 bridgehead atoms. The van der Waals surface area contributed by atoms with E-state index in [1.165, 1.54) is 0 Å². The molecule has 0 fully saturated rings. The summed E-state index contributed by atoms with van der Waals surface area (Å²) in [4.78, 5) is 20.3. The molecule has 0 amide bonds. The van der Waals surface area contributed by atoms with Gasteiger partial charge >= 0.3 is 0 Å². The van der Waals surface area contributed by atoms with Crippen molar-refractivity contribution in [3.63, 3.8) is 0 Å². The maximum Gasteiger partial charge on any atom is 0.255 e. The molecule has 0 radical (unpaired) electrons. The third-order valence-corrected chi connectivity index (χ3v) is 5.43. The van der Waals surface area contributed by atoms with Gasteiger partial charge in [-0.05, 0) is 47.9 Å². The Bertz CT molecular complexity index is 1180. The normalized spacial score (nSPS) is 10.6. The summed E-state index contributed by atoms with van der Waals surface area (Å²) in [6, 6.07) is 17.5. The molecule has 6 heteroatoms. The fraction of sp³-hybridized carbons (Fsp3) is 0.0909. The van der Waals surface area contributed by atoms with Gasteiger partial charge in [0, 0.05) is 29.7 Å². The second-order valence-corrected chi connectivity index (χ2v) is 7.36. The lowest BCUT2D eigenvalue weighted by Crippen LogP contribution is -2.06. The lowest BCUT2D eigenvalue weighted by Gasteiger charge is -2.08. The SMILES string of the molecule is COc1ccc(C)c(Nc2ncc(-c3cccc(-c4ccc[nH]c4=O)c3)s2)c1. The largest absolute Gasteiger partial charge is 0.497 e. The number of ether oxygens (including phenoxy) is 1. The van der Waals surface area contributed by atoms with Gasteiger partial charge in [0.2, 0.25) is 0 Å². The van der Waals surface area contributed by atoms with Crippen LogP contribution in [-0.2, 0) is 0 Å². The maximum absolute atomic E-state index is 12.1. The second-order valence-electron chi connectivity index (χ2n) is 6.33. The van der Waals surface area contributed by atoms with E-state index in [0.717, 1.165) is 38.1 Å². The minimum atomic E-state index is -0.0974. The maximum atomic E-state index is 12.1. The number of hydrogen-bond acceptors (Lipinski definition) is 5. The summed E-state index contributed by atoms with van der Waals surface area (Å²) in [7, 11) is 1.65. The molecule has 140 valence electrons. The van der Waals surface area contributed by atoms with Gasteiger partial charge in [-0.25, -0.2) is 4.98 Å². The van der Waals surface area contributed by atoms with Gasteiger partial charge in [-0.3, -0.25) is 4.79 Å². The van der Waals surface area contributed by atoms with Crippen LogP contribution in [0.1, 0.15) is 5.56 Å². The first-order chi connectivity index (χ1) is 13.6. The van der Waals surface area contributed by atoms with Gasteiger partial charge in [0.25, 0.3) is 5.56 Å². The third kappa shape index (κ3) is 3.68. The summed E-state index contributed by atoms with van der Waals surface area (Å²) in [5.74, 6) is 0.797. The highest BCUT2D eigenvalue weighted by molar-refractivity contribution is 7.18. The average Bonchev–Trinajstić information content (AvgIpc) is 3.19. The highest BCUT2D eigenvalue weighted by Crippen LogP contribution is 2.33. The molecular weight excluding hydrogens is 370 g/mol. The number of pyridine rings is 1. The Balaban J connectivity index is 1.63. The minimum Gasteiger partial charge on any atom is -0.497 e. The van der Waals surface area contributed by atoms with E-state index in [2.05, 4.69) is 15.3 Å². The van der Waals surface area contributed by atoms with E-state index in [0.29, 0.717) is 5.56 Å². The molecule has 28 heavy (non-hydrogen) atoms. The Morgan fingerprint density at radius 3 is 2.75 bits per heavy atom. The van der Waals surface area contributed by atoms with Crippen molar-refractivity contribution in [1.29, 1.82) is 0 Å². The van der Waals surface area contributed by atoms with Gasteiger partial charge in [-0.15, -0.1) is 0 Å². The first kappa shape index (κ1) is 18.0. The first-order valence-electron chi connectivity index (χ1n) is 8.80. The number of aromatic nitrogens is 2. The van der Waals surface area contributed by atoms with E-state index in [1.54, 1.807) is 24.6 Å². The molecule has 0 atom stereocenters. The molecule has 4 aromatic rings. The summed E-state index contributed by atoms with van der Waals surface area (Å²) in [5, 5.41) is 4.17. The summed E-state index contributed by atoms with van der Waals surface area (Å²) < 4.78 is 5.30. The fourth-order valence-corrected chi connectivity index (χ4v) is 3.76. The molecule has 0 aliphatic rings. The van der Waals surface area contributed by atoms with Crippen molar-refractivity contribution in [2.45, 2.75) is 6.92 Å². The monoisotopic (exact) mass is 389 g/mol. The Morgan fingerprint density at radius 1 is 1.07 bits per heavy atom. The Hall–Kier alpha value is -3.38. The number of nitrogens with one attached hydrogen (secondary N) is 2.